The lowest BCUT2D eigenvalue weighted by Crippen LogP contribution is -2.58. The third-order valence-electron chi connectivity index (χ3n) is 11.2. The Morgan fingerprint density at radius 2 is 1.41 bits per heavy atom. The van der Waals surface area contributed by atoms with Gasteiger partial charge in [0, 0.05) is 24.5 Å². The molecule has 4 aromatic rings. The number of likely N-dealkylation sites (tertiary alicyclic amines) is 2. The van der Waals surface area contributed by atoms with Gasteiger partial charge in [0.15, 0.2) is 0 Å². The summed E-state index contributed by atoms with van der Waals surface area (Å²) >= 11 is 1.46. The standard InChI is InChI=1S/C43H56N10O5S/c1-28(44-4)39(54)46-37(42(57)52-25-11-12-35(52)26-53-43(48-49-50-53)59-36-13-7-6-8-14-36)30(3)58-27-31-15-17-32(18-16-31)33-19-21-34(22-20-33)38(47-40(55)29(2)45-5)41(56)51-23-9-10-24-51/h6-8,13-22,28-30,35,37-38,44-45H,9-12,23-27H2,1-5H3,(H,46,54)(H,47,55)/t28-,29-,30-,35-,37-,38-/m1/s1. The predicted octanol–water partition coefficient (Wildman–Crippen LogP) is 3.57. The molecule has 16 heteroatoms. The second-order valence-electron chi connectivity index (χ2n) is 15.2. The summed E-state index contributed by atoms with van der Waals surface area (Å²) in [5, 5.41) is 24.8. The normalized spacial score (nSPS) is 17.9. The van der Waals surface area contributed by atoms with Crippen LogP contribution in [0.15, 0.2) is 88.9 Å². The van der Waals surface area contributed by atoms with Crippen molar-refractivity contribution in [3.05, 3.63) is 90.0 Å². The molecule has 314 valence electrons. The van der Waals surface area contributed by atoms with Gasteiger partial charge in [-0.05, 0) is 117 Å². The Bertz CT molecular complexity index is 2010. The Kier molecular flexibility index (Phi) is 15.2. The second kappa shape index (κ2) is 20.7. The predicted molar refractivity (Wildman–Crippen MR) is 225 cm³/mol. The van der Waals surface area contributed by atoms with Crippen molar-refractivity contribution in [2.75, 3.05) is 33.7 Å². The average Bonchev–Trinajstić information content (AvgIpc) is 4.07. The van der Waals surface area contributed by atoms with Gasteiger partial charge < -0.3 is 35.8 Å². The summed E-state index contributed by atoms with van der Waals surface area (Å²) in [5.74, 6) is -0.833. The molecule has 0 aliphatic carbocycles. The van der Waals surface area contributed by atoms with Gasteiger partial charge in [0.05, 0.1) is 37.4 Å². The van der Waals surface area contributed by atoms with Crippen LogP contribution in [0.3, 0.4) is 0 Å². The van der Waals surface area contributed by atoms with E-state index >= 15 is 0 Å². The summed E-state index contributed by atoms with van der Waals surface area (Å²) in [5.41, 5.74) is 3.55. The number of carbonyl (C=O) groups is 4. The van der Waals surface area contributed by atoms with E-state index in [1.807, 2.05) is 95.6 Å². The van der Waals surface area contributed by atoms with Gasteiger partial charge in [0.2, 0.25) is 28.8 Å². The number of hydrogen-bond acceptors (Lipinski definition) is 11. The number of nitrogens with zero attached hydrogens (tertiary/aromatic N) is 6. The van der Waals surface area contributed by atoms with Crippen molar-refractivity contribution in [1.29, 1.82) is 0 Å². The number of amides is 4. The summed E-state index contributed by atoms with van der Waals surface area (Å²) in [6.07, 6.45) is 2.88. The third kappa shape index (κ3) is 11.1. The zero-order valence-corrected chi connectivity index (χ0v) is 35.3. The lowest BCUT2D eigenvalue weighted by Gasteiger charge is -2.32. The monoisotopic (exact) mass is 824 g/mol. The summed E-state index contributed by atoms with van der Waals surface area (Å²) < 4.78 is 8.06. The molecule has 0 radical (unpaired) electrons. The van der Waals surface area contributed by atoms with Gasteiger partial charge in [-0.2, -0.15) is 0 Å². The molecule has 0 unspecified atom stereocenters. The van der Waals surface area contributed by atoms with E-state index in [1.165, 1.54) is 11.8 Å². The molecule has 1 aromatic heterocycles. The van der Waals surface area contributed by atoms with E-state index in [2.05, 4.69) is 36.8 Å². The number of tetrazole rings is 1. The van der Waals surface area contributed by atoms with Crippen LogP contribution in [0.2, 0.25) is 0 Å². The highest BCUT2D eigenvalue weighted by atomic mass is 32.2. The van der Waals surface area contributed by atoms with Crippen LogP contribution in [0.25, 0.3) is 11.1 Å². The fraction of sp³-hybridized carbons (Fsp3) is 0.465. The number of benzene rings is 3. The van der Waals surface area contributed by atoms with Crippen LogP contribution in [-0.4, -0.2) is 118 Å². The number of likely N-dealkylation sites (N-methyl/N-ethyl adjacent to an activating group) is 2. The van der Waals surface area contributed by atoms with Crippen molar-refractivity contribution in [1.82, 2.24) is 51.3 Å². The summed E-state index contributed by atoms with van der Waals surface area (Å²) in [4.78, 5) is 58.5. The number of rotatable bonds is 18. The minimum Gasteiger partial charge on any atom is -0.371 e. The molecule has 6 atom stereocenters. The zero-order chi connectivity index (χ0) is 41.9. The maximum atomic E-state index is 14.3. The van der Waals surface area contributed by atoms with Crippen LogP contribution < -0.4 is 21.3 Å². The first-order valence-corrected chi connectivity index (χ1v) is 21.2. The Morgan fingerprint density at radius 3 is 2.05 bits per heavy atom. The third-order valence-corrected chi connectivity index (χ3v) is 12.2. The van der Waals surface area contributed by atoms with Crippen LogP contribution in [-0.2, 0) is 37.1 Å². The van der Waals surface area contributed by atoms with Crippen molar-refractivity contribution in [3.63, 3.8) is 0 Å². The Morgan fingerprint density at radius 1 is 0.780 bits per heavy atom. The van der Waals surface area contributed by atoms with Crippen molar-refractivity contribution in [2.24, 2.45) is 0 Å². The summed E-state index contributed by atoms with van der Waals surface area (Å²) in [7, 11) is 3.41. The van der Waals surface area contributed by atoms with E-state index in [1.54, 1.807) is 32.6 Å². The second-order valence-corrected chi connectivity index (χ2v) is 16.2. The van der Waals surface area contributed by atoms with Crippen molar-refractivity contribution >= 4 is 35.4 Å². The number of nitrogens with one attached hydrogen (secondary N) is 4. The molecule has 2 aliphatic heterocycles. The largest absolute Gasteiger partial charge is 0.371 e. The minimum atomic E-state index is -0.920. The number of ether oxygens (including phenoxy) is 1. The van der Waals surface area contributed by atoms with Crippen LogP contribution in [0.1, 0.15) is 63.6 Å². The topological polar surface area (TPSA) is 176 Å². The van der Waals surface area contributed by atoms with Gasteiger partial charge in [0.25, 0.3) is 0 Å². The van der Waals surface area contributed by atoms with E-state index in [-0.39, 0.29) is 36.3 Å². The molecule has 2 aliphatic rings. The molecular weight excluding hydrogens is 769 g/mol. The molecule has 0 bridgehead atoms. The van der Waals surface area contributed by atoms with E-state index in [4.69, 9.17) is 4.74 Å². The van der Waals surface area contributed by atoms with Gasteiger partial charge >= 0.3 is 0 Å². The van der Waals surface area contributed by atoms with E-state index in [0.717, 1.165) is 52.8 Å². The van der Waals surface area contributed by atoms with Crippen molar-refractivity contribution < 1.29 is 23.9 Å². The first-order chi connectivity index (χ1) is 28.6. The molecule has 59 heavy (non-hydrogen) atoms. The van der Waals surface area contributed by atoms with Gasteiger partial charge in [-0.25, -0.2) is 4.68 Å². The van der Waals surface area contributed by atoms with Crippen molar-refractivity contribution in [2.45, 2.75) is 106 Å². The van der Waals surface area contributed by atoms with E-state index in [9.17, 15) is 19.2 Å². The fourth-order valence-corrected chi connectivity index (χ4v) is 8.05. The van der Waals surface area contributed by atoms with E-state index < -0.39 is 30.3 Å². The molecule has 2 saturated heterocycles. The zero-order valence-electron chi connectivity index (χ0n) is 34.5. The quantitative estimate of drug-likeness (QED) is 0.116. The molecule has 6 rings (SSSR count). The fourth-order valence-electron chi connectivity index (χ4n) is 7.25. The Hall–Kier alpha value is -5.16. The molecule has 3 heterocycles. The SMILES string of the molecule is CN[C@H](C)C(=O)N[C@@H](C(=O)N1CCCC1)c1ccc(-c2ccc(CO[C@H](C)[C@@H](NC(=O)[C@@H](C)NC)C(=O)N3CCC[C@@H]3Cn3nnnc3Sc3ccccc3)cc2)cc1. The number of aromatic nitrogens is 4. The molecular formula is C43H56N10O5S. The van der Waals surface area contributed by atoms with E-state index in [0.29, 0.717) is 31.3 Å². The Labute approximate surface area is 350 Å². The smallest absolute Gasteiger partial charge is 0.249 e. The highest BCUT2D eigenvalue weighted by Crippen LogP contribution is 2.28. The molecule has 0 saturated carbocycles. The van der Waals surface area contributed by atoms with Crippen LogP contribution >= 0.6 is 11.8 Å². The molecule has 2 fully saturated rings. The molecule has 15 nitrogen and oxygen atoms in total. The number of hydrogen-bond donors (Lipinski definition) is 4. The highest BCUT2D eigenvalue weighted by molar-refractivity contribution is 7.99. The van der Waals surface area contributed by atoms with Gasteiger partial charge in [-0.3, -0.25) is 19.2 Å². The van der Waals surface area contributed by atoms with Crippen molar-refractivity contribution in [3.8, 4) is 11.1 Å². The maximum Gasteiger partial charge on any atom is 0.249 e. The summed E-state index contributed by atoms with van der Waals surface area (Å²) in [6, 6.07) is 22.7. The first-order valence-electron chi connectivity index (χ1n) is 20.4. The number of carbonyl (C=O) groups excluding carboxylic acids is 4. The van der Waals surface area contributed by atoms with Gasteiger partial charge in [-0.15, -0.1) is 5.10 Å². The van der Waals surface area contributed by atoms with Gasteiger partial charge in [0.1, 0.15) is 12.1 Å². The molecule has 4 amide bonds. The lowest BCUT2D eigenvalue weighted by molar-refractivity contribution is -0.142. The van der Waals surface area contributed by atoms with Gasteiger partial charge in [-0.1, -0.05) is 66.7 Å². The molecule has 4 N–H and O–H groups in total. The van der Waals surface area contributed by atoms with Crippen LogP contribution in [0, 0.1) is 0 Å². The highest BCUT2D eigenvalue weighted by Gasteiger charge is 2.38. The maximum absolute atomic E-state index is 14.3. The van der Waals surface area contributed by atoms with Crippen LogP contribution in [0.4, 0.5) is 0 Å². The first kappa shape index (κ1) is 43.4. The molecule has 0 spiro atoms. The lowest BCUT2D eigenvalue weighted by atomic mass is 9.99. The van der Waals surface area contributed by atoms with Crippen LogP contribution in [0.5, 0.6) is 0 Å². The average molecular weight is 825 g/mol. The Balaban J connectivity index is 1.10. The molecule has 3 aromatic carbocycles. The minimum absolute atomic E-state index is 0.0950. The summed E-state index contributed by atoms with van der Waals surface area (Å²) in [6.45, 7) is 7.91.